The van der Waals surface area contributed by atoms with Gasteiger partial charge in [0.05, 0.1) is 6.42 Å². The Kier molecular flexibility index (Phi) is 3.42. The van der Waals surface area contributed by atoms with Crippen molar-refractivity contribution in [2.24, 2.45) is 0 Å². The minimum Gasteiger partial charge on any atom is -0.486 e. The van der Waals surface area contributed by atoms with Crippen molar-refractivity contribution in [2.75, 3.05) is 19.6 Å². The number of likely N-dealkylation sites (tertiary alicyclic amines) is 1. The third-order valence-electron chi connectivity index (χ3n) is 4.44. The van der Waals surface area contributed by atoms with Gasteiger partial charge in [0, 0.05) is 26.1 Å². The third kappa shape index (κ3) is 2.66. The van der Waals surface area contributed by atoms with Gasteiger partial charge in [-0.1, -0.05) is 12.1 Å². The van der Waals surface area contributed by atoms with E-state index in [2.05, 4.69) is 30.0 Å². The van der Waals surface area contributed by atoms with E-state index in [-0.39, 0.29) is 12.0 Å². The molecule has 0 saturated carbocycles. The number of carboxylic acid groups (broad SMARTS) is 1. The molecule has 4 nitrogen and oxygen atoms in total. The van der Waals surface area contributed by atoms with Crippen LogP contribution in [-0.4, -0.2) is 41.2 Å². The van der Waals surface area contributed by atoms with E-state index in [9.17, 15) is 4.79 Å². The zero-order valence-corrected chi connectivity index (χ0v) is 11.9. The lowest BCUT2D eigenvalue weighted by molar-refractivity contribution is -0.137. The maximum absolute atomic E-state index is 10.7. The molecule has 20 heavy (non-hydrogen) atoms. The number of carbonyl (C=O) groups is 1. The molecule has 2 aliphatic heterocycles. The SMILES string of the molecule is Cc1ccc2c(c1)OC1(CC2)CCN(CCC(=O)O)C1. The number of benzene rings is 1. The molecule has 2 heterocycles. The van der Waals surface area contributed by atoms with Crippen LogP contribution in [0.4, 0.5) is 0 Å². The summed E-state index contributed by atoms with van der Waals surface area (Å²) in [6.45, 7) is 4.50. The lowest BCUT2D eigenvalue weighted by atomic mass is 9.90. The molecule has 108 valence electrons. The summed E-state index contributed by atoms with van der Waals surface area (Å²) in [4.78, 5) is 12.9. The zero-order chi connectivity index (χ0) is 14.2. The molecule has 4 heteroatoms. The van der Waals surface area contributed by atoms with E-state index in [1.807, 2.05) is 0 Å². The fourth-order valence-electron chi connectivity index (χ4n) is 3.27. The maximum Gasteiger partial charge on any atom is 0.304 e. The Bertz CT molecular complexity index is 528. The van der Waals surface area contributed by atoms with Gasteiger partial charge in [-0.05, 0) is 37.0 Å². The second-order valence-corrected chi connectivity index (χ2v) is 6.07. The highest BCUT2D eigenvalue weighted by Crippen LogP contribution is 2.39. The number of hydrogen-bond donors (Lipinski definition) is 1. The largest absolute Gasteiger partial charge is 0.486 e. The number of ether oxygens (including phenoxy) is 1. The second kappa shape index (κ2) is 5.09. The molecule has 1 fully saturated rings. The molecule has 1 aromatic carbocycles. The number of hydrogen-bond acceptors (Lipinski definition) is 3. The van der Waals surface area contributed by atoms with Gasteiger partial charge >= 0.3 is 5.97 Å². The topological polar surface area (TPSA) is 49.8 Å². The lowest BCUT2D eigenvalue weighted by Crippen LogP contribution is -2.42. The number of carboxylic acids is 1. The van der Waals surface area contributed by atoms with Gasteiger partial charge in [-0.2, -0.15) is 0 Å². The fraction of sp³-hybridized carbons (Fsp3) is 0.562. The number of rotatable bonds is 3. The van der Waals surface area contributed by atoms with E-state index in [0.717, 1.165) is 38.1 Å². The molecule has 0 amide bonds. The first kappa shape index (κ1) is 13.4. The van der Waals surface area contributed by atoms with Gasteiger partial charge in [-0.15, -0.1) is 0 Å². The Morgan fingerprint density at radius 2 is 2.30 bits per heavy atom. The average Bonchev–Trinajstić information content (AvgIpc) is 2.79. The van der Waals surface area contributed by atoms with Crippen LogP contribution in [0.15, 0.2) is 18.2 Å². The molecule has 1 unspecified atom stereocenters. The molecule has 1 atom stereocenters. The van der Waals surface area contributed by atoms with E-state index in [1.54, 1.807) is 0 Å². The number of nitrogens with zero attached hydrogens (tertiary/aromatic N) is 1. The molecule has 2 aliphatic rings. The van der Waals surface area contributed by atoms with Gasteiger partial charge in [0.25, 0.3) is 0 Å². The standard InChI is InChI=1S/C16H21NO3/c1-12-2-3-13-4-6-16(20-14(13)10-12)7-9-17(11-16)8-5-15(18)19/h2-3,10H,4-9,11H2,1H3,(H,18,19). The monoisotopic (exact) mass is 275 g/mol. The van der Waals surface area contributed by atoms with Crippen molar-refractivity contribution in [3.05, 3.63) is 29.3 Å². The summed E-state index contributed by atoms with van der Waals surface area (Å²) in [6, 6.07) is 6.42. The first-order chi connectivity index (χ1) is 9.56. The molecular formula is C16H21NO3. The number of aryl methyl sites for hydroxylation is 2. The van der Waals surface area contributed by atoms with Crippen molar-refractivity contribution in [1.82, 2.24) is 4.90 Å². The quantitative estimate of drug-likeness (QED) is 0.919. The van der Waals surface area contributed by atoms with Gasteiger partial charge in [-0.25, -0.2) is 0 Å². The highest BCUT2D eigenvalue weighted by Gasteiger charge is 2.42. The summed E-state index contributed by atoms with van der Waals surface area (Å²) >= 11 is 0. The normalized spacial score (nSPS) is 25.4. The minimum atomic E-state index is -0.725. The summed E-state index contributed by atoms with van der Waals surface area (Å²) in [5.41, 5.74) is 2.42. The fourth-order valence-corrected chi connectivity index (χ4v) is 3.27. The van der Waals surface area contributed by atoms with Crippen LogP contribution >= 0.6 is 0 Å². The zero-order valence-electron chi connectivity index (χ0n) is 11.9. The van der Waals surface area contributed by atoms with Crippen molar-refractivity contribution in [2.45, 2.75) is 38.2 Å². The molecule has 0 aromatic heterocycles. The van der Waals surface area contributed by atoms with Gasteiger partial charge < -0.3 is 9.84 Å². The predicted molar refractivity (Wildman–Crippen MR) is 76.2 cm³/mol. The Morgan fingerprint density at radius 3 is 3.10 bits per heavy atom. The molecular weight excluding hydrogens is 254 g/mol. The number of fused-ring (bicyclic) bond motifs is 1. The number of aliphatic carboxylic acids is 1. The smallest absolute Gasteiger partial charge is 0.304 e. The third-order valence-corrected chi connectivity index (χ3v) is 4.44. The highest BCUT2D eigenvalue weighted by atomic mass is 16.5. The summed E-state index contributed by atoms with van der Waals surface area (Å²) in [5, 5.41) is 8.78. The average molecular weight is 275 g/mol. The van der Waals surface area contributed by atoms with Crippen LogP contribution in [0.25, 0.3) is 0 Å². The van der Waals surface area contributed by atoms with Crippen molar-refractivity contribution in [3.8, 4) is 5.75 Å². The summed E-state index contributed by atoms with van der Waals surface area (Å²) in [7, 11) is 0. The molecule has 3 rings (SSSR count). The first-order valence-electron chi connectivity index (χ1n) is 7.29. The first-order valence-corrected chi connectivity index (χ1v) is 7.29. The molecule has 0 bridgehead atoms. The van der Waals surface area contributed by atoms with E-state index in [1.165, 1.54) is 11.1 Å². The lowest BCUT2D eigenvalue weighted by Gasteiger charge is -2.36. The highest BCUT2D eigenvalue weighted by molar-refractivity contribution is 5.66. The van der Waals surface area contributed by atoms with Crippen LogP contribution < -0.4 is 4.74 Å². The summed E-state index contributed by atoms with van der Waals surface area (Å²) < 4.78 is 6.31. The van der Waals surface area contributed by atoms with Crippen molar-refractivity contribution < 1.29 is 14.6 Å². The Morgan fingerprint density at radius 1 is 1.45 bits per heavy atom. The van der Waals surface area contributed by atoms with Crippen LogP contribution in [0, 0.1) is 6.92 Å². The molecule has 1 saturated heterocycles. The molecule has 0 radical (unpaired) electrons. The van der Waals surface area contributed by atoms with Crippen molar-refractivity contribution >= 4 is 5.97 Å². The summed E-state index contributed by atoms with van der Waals surface area (Å²) in [5.74, 6) is 0.299. The van der Waals surface area contributed by atoms with Gasteiger partial charge in [-0.3, -0.25) is 9.69 Å². The van der Waals surface area contributed by atoms with Crippen LogP contribution in [0.2, 0.25) is 0 Å². The maximum atomic E-state index is 10.7. The Balaban J connectivity index is 1.68. The summed E-state index contributed by atoms with van der Waals surface area (Å²) in [6.07, 6.45) is 3.31. The van der Waals surface area contributed by atoms with E-state index >= 15 is 0 Å². The minimum absolute atomic E-state index is 0.0979. The molecule has 1 N–H and O–H groups in total. The van der Waals surface area contributed by atoms with Gasteiger partial charge in [0.15, 0.2) is 0 Å². The van der Waals surface area contributed by atoms with Crippen molar-refractivity contribution in [1.29, 1.82) is 0 Å². The van der Waals surface area contributed by atoms with E-state index in [4.69, 9.17) is 9.84 Å². The van der Waals surface area contributed by atoms with Gasteiger partial charge in [0.1, 0.15) is 11.4 Å². The second-order valence-electron chi connectivity index (χ2n) is 6.07. The Labute approximate surface area is 119 Å². The molecule has 1 aromatic rings. The van der Waals surface area contributed by atoms with Gasteiger partial charge in [0.2, 0.25) is 0 Å². The molecule has 1 spiro atoms. The van der Waals surface area contributed by atoms with Crippen LogP contribution in [0.1, 0.15) is 30.4 Å². The predicted octanol–water partition coefficient (Wildman–Crippen LogP) is 2.24. The molecule has 0 aliphatic carbocycles. The van der Waals surface area contributed by atoms with E-state index in [0.29, 0.717) is 6.54 Å². The van der Waals surface area contributed by atoms with Crippen LogP contribution in [-0.2, 0) is 11.2 Å². The van der Waals surface area contributed by atoms with Crippen molar-refractivity contribution in [3.63, 3.8) is 0 Å². The Hall–Kier alpha value is -1.55. The van der Waals surface area contributed by atoms with Crippen LogP contribution in [0.3, 0.4) is 0 Å². The van der Waals surface area contributed by atoms with Crippen LogP contribution in [0.5, 0.6) is 5.75 Å². The van der Waals surface area contributed by atoms with E-state index < -0.39 is 5.97 Å².